The van der Waals surface area contributed by atoms with E-state index >= 15 is 0 Å². The summed E-state index contributed by atoms with van der Waals surface area (Å²) in [6.45, 7) is 0.384. The van der Waals surface area contributed by atoms with Crippen molar-refractivity contribution in [1.82, 2.24) is 9.97 Å². The van der Waals surface area contributed by atoms with Crippen molar-refractivity contribution in [3.8, 4) is 23.2 Å². The van der Waals surface area contributed by atoms with Gasteiger partial charge in [-0.05, 0) is 23.8 Å². The summed E-state index contributed by atoms with van der Waals surface area (Å²) in [5.41, 5.74) is 1.84. The minimum atomic E-state index is -0.238. The van der Waals surface area contributed by atoms with E-state index in [9.17, 15) is 10.1 Å². The largest absolute Gasteiger partial charge is 0.488 e. The Morgan fingerprint density at radius 1 is 1.13 bits per heavy atom. The predicted octanol–water partition coefficient (Wildman–Crippen LogP) is 2.89. The maximum absolute atomic E-state index is 11.4. The maximum atomic E-state index is 11.4. The summed E-state index contributed by atoms with van der Waals surface area (Å²) in [5, 5.41) is 9.32. The molecule has 0 aliphatic heterocycles. The van der Waals surface area contributed by atoms with Crippen LogP contribution in [0.3, 0.4) is 0 Å². The zero-order chi connectivity index (χ0) is 16.1. The molecule has 5 heteroatoms. The molecule has 0 unspecified atom stereocenters. The van der Waals surface area contributed by atoms with Crippen LogP contribution in [0.5, 0.6) is 5.75 Å². The maximum Gasteiger partial charge on any atom is 0.251 e. The van der Waals surface area contributed by atoms with Crippen LogP contribution in [-0.4, -0.2) is 9.97 Å². The van der Waals surface area contributed by atoms with E-state index in [-0.39, 0.29) is 5.56 Å². The quantitative estimate of drug-likeness (QED) is 0.803. The van der Waals surface area contributed by atoms with Gasteiger partial charge < -0.3 is 9.72 Å². The summed E-state index contributed by atoms with van der Waals surface area (Å²) in [7, 11) is 0. The number of hydrogen-bond donors (Lipinski definition) is 1. The molecule has 23 heavy (non-hydrogen) atoms. The lowest BCUT2D eigenvalue weighted by Gasteiger charge is -2.09. The van der Waals surface area contributed by atoms with E-state index in [1.165, 1.54) is 12.3 Å². The monoisotopic (exact) mass is 303 g/mol. The Labute approximate surface area is 132 Å². The molecule has 0 spiro atoms. The molecule has 3 aromatic rings. The van der Waals surface area contributed by atoms with Crippen LogP contribution in [0.1, 0.15) is 11.1 Å². The van der Waals surface area contributed by atoms with Crippen LogP contribution >= 0.6 is 0 Å². The molecular weight excluding hydrogens is 290 g/mol. The number of nitrogens with zero attached hydrogens (tertiary/aromatic N) is 2. The van der Waals surface area contributed by atoms with Crippen molar-refractivity contribution in [2.75, 3.05) is 0 Å². The molecule has 3 rings (SSSR count). The number of aromatic nitrogens is 2. The van der Waals surface area contributed by atoms with Crippen molar-refractivity contribution in [3.63, 3.8) is 0 Å². The molecule has 0 aliphatic carbocycles. The van der Waals surface area contributed by atoms with Gasteiger partial charge in [0.25, 0.3) is 5.56 Å². The number of hydrogen-bond acceptors (Lipinski definition) is 4. The van der Waals surface area contributed by atoms with Crippen molar-refractivity contribution < 1.29 is 4.74 Å². The zero-order valence-corrected chi connectivity index (χ0v) is 12.2. The van der Waals surface area contributed by atoms with Gasteiger partial charge in [0.2, 0.25) is 0 Å². The van der Waals surface area contributed by atoms with Gasteiger partial charge in [0.05, 0.1) is 5.56 Å². The third-order valence-electron chi connectivity index (χ3n) is 3.28. The standard InChI is InChI=1S/C18H13N3O2/c19-11-15-10-14(18-20-9-8-17(22)21-18)6-7-16(15)23-12-13-4-2-1-3-5-13/h1-10H,12H2,(H,20,21,22). The Hall–Kier alpha value is -3.39. The molecule has 0 amide bonds. The topological polar surface area (TPSA) is 78.8 Å². The summed E-state index contributed by atoms with van der Waals surface area (Å²) >= 11 is 0. The molecule has 0 saturated heterocycles. The molecule has 2 aromatic carbocycles. The van der Waals surface area contributed by atoms with E-state index < -0.39 is 0 Å². The molecule has 1 aromatic heterocycles. The molecule has 0 bridgehead atoms. The second-order valence-corrected chi connectivity index (χ2v) is 4.88. The molecular formula is C18H13N3O2. The van der Waals surface area contributed by atoms with Crippen molar-refractivity contribution in [2.24, 2.45) is 0 Å². The van der Waals surface area contributed by atoms with Crippen molar-refractivity contribution in [2.45, 2.75) is 6.61 Å². The first-order chi connectivity index (χ1) is 11.3. The summed E-state index contributed by atoms with van der Waals surface area (Å²) < 4.78 is 5.71. The molecule has 0 radical (unpaired) electrons. The van der Waals surface area contributed by atoms with Crippen LogP contribution < -0.4 is 10.3 Å². The van der Waals surface area contributed by atoms with E-state index in [2.05, 4.69) is 16.0 Å². The highest BCUT2D eigenvalue weighted by Crippen LogP contribution is 2.24. The number of nitriles is 1. The van der Waals surface area contributed by atoms with Gasteiger partial charge in [-0.15, -0.1) is 0 Å². The van der Waals surface area contributed by atoms with Crippen LogP contribution in [-0.2, 0) is 6.61 Å². The lowest BCUT2D eigenvalue weighted by Crippen LogP contribution is -2.06. The summed E-state index contributed by atoms with van der Waals surface area (Å²) in [5.74, 6) is 0.919. The van der Waals surface area contributed by atoms with Gasteiger partial charge in [0.15, 0.2) is 0 Å². The predicted molar refractivity (Wildman–Crippen MR) is 85.8 cm³/mol. The molecule has 0 aliphatic rings. The van der Waals surface area contributed by atoms with E-state index in [1.54, 1.807) is 18.2 Å². The minimum Gasteiger partial charge on any atom is -0.488 e. The fraction of sp³-hybridized carbons (Fsp3) is 0.0556. The van der Waals surface area contributed by atoms with Gasteiger partial charge in [-0.25, -0.2) is 4.98 Å². The van der Waals surface area contributed by atoms with Crippen LogP contribution in [0.25, 0.3) is 11.4 Å². The Bertz CT molecular complexity index is 911. The van der Waals surface area contributed by atoms with E-state index in [4.69, 9.17) is 4.74 Å². The molecule has 0 atom stereocenters. The molecule has 1 N–H and O–H groups in total. The van der Waals surface area contributed by atoms with Crippen LogP contribution in [0, 0.1) is 11.3 Å². The first kappa shape index (κ1) is 14.5. The smallest absolute Gasteiger partial charge is 0.251 e. The number of ether oxygens (including phenoxy) is 1. The Morgan fingerprint density at radius 3 is 2.70 bits per heavy atom. The van der Waals surface area contributed by atoms with E-state index in [1.807, 2.05) is 30.3 Å². The van der Waals surface area contributed by atoms with Crippen LogP contribution in [0.2, 0.25) is 0 Å². The Morgan fingerprint density at radius 2 is 1.96 bits per heavy atom. The van der Waals surface area contributed by atoms with Crippen molar-refractivity contribution in [1.29, 1.82) is 5.26 Å². The third-order valence-corrected chi connectivity index (χ3v) is 3.28. The Balaban J connectivity index is 1.86. The molecule has 5 nitrogen and oxygen atoms in total. The average Bonchev–Trinajstić information content (AvgIpc) is 2.60. The fourth-order valence-corrected chi connectivity index (χ4v) is 2.14. The number of benzene rings is 2. The number of rotatable bonds is 4. The summed E-state index contributed by atoms with van der Waals surface area (Å²) in [4.78, 5) is 18.1. The second-order valence-electron chi connectivity index (χ2n) is 4.88. The third kappa shape index (κ3) is 3.44. The summed E-state index contributed by atoms with van der Waals surface area (Å²) in [6, 6.07) is 18.3. The van der Waals surface area contributed by atoms with Crippen LogP contribution in [0.15, 0.2) is 65.6 Å². The average molecular weight is 303 g/mol. The normalized spacial score (nSPS) is 10.0. The SMILES string of the molecule is N#Cc1cc(-c2nccc(=O)[nH]2)ccc1OCc1ccccc1. The van der Waals surface area contributed by atoms with Gasteiger partial charge in [0, 0.05) is 17.8 Å². The first-order valence-electron chi connectivity index (χ1n) is 7.03. The first-order valence-corrected chi connectivity index (χ1v) is 7.03. The van der Waals surface area contributed by atoms with Gasteiger partial charge in [-0.1, -0.05) is 30.3 Å². The Kier molecular flexibility index (Phi) is 4.16. The van der Waals surface area contributed by atoms with Gasteiger partial charge in [-0.3, -0.25) is 4.79 Å². The van der Waals surface area contributed by atoms with Crippen LogP contribution in [0.4, 0.5) is 0 Å². The van der Waals surface area contributed by atoms with Crippen molar-refractivity contribution in [3.05, 3.63) is 82.3 Å². The molecule has 1 heterocycles. The lowest BCUT2D eigenvalue weighted by molar-refractivity contribution is 0.305. The highest BCUT2D eigenvalue weighted by atomic mass is 16.5. The number of H-pyrrole nitrogens is 1. The number of nitrogens with one attached hydrogen (secondary N) is 1. The fourth-order valence-electron chi connectivity index (χ4n) is 2.14. The second kappa shape index (κ2) is 6.58. The molecule has 0 fully saturated rings. The highest BCUT2D eigenvalue weighted by molar-refractivity contribution is 5.61. The van der Waals surface area contributed by atoms with Gasteiger partial charge in [0.1, 0.15) is 24.3 Å². The van der Waals surface area contributed by atoms with Gasteiger partial charge >= 0.3 is 0 Å². The minimum absolute atomic E-state index is 0.238. The zero-order valence-electron chi connectivity index (χ0n) is 12.2. The van der Waals surface area contributed by atoms with E-state index in [0.717, 1.165) is 5.56 Å². The number of aromatic amines is 1. The van der Waals surface area contributed by atoms with E-state index in [0.29, 0.717) is 29.3 Å². The molecule has 0 saturated carbocycles. The molecule has 112 valence electrons. The lowest BCUT2D eigenvalue weighted by atomic mass is 10.1. The summed E-state index contributed by atoms with van der Waals surface area (Å²) in [6.07, 6.45) is 1.43. The van der Waals surface area contributed by atoms with Gasteiger partial charge in [-0.2, -0.15) is 5.26 Å². The highest BCUT2D eigenvalue weighted by Gasteiger charge is 2.08. The van der Waals surface area contributed by atoms with Crippen molar-refractivity contribution >= 4 is 0 Å².